The van der Waals surface area contributed by atoms with E-state index in [0.717, 1.165) is 5.56 Å². The number of aliphatic carboxylic acids is 1. The molecule has 24 heavy (non-hydrogen) atoms. The summed E-state index contributed by atoms with van der Waals surface area (Å²) in [6, 6.07) is 9.29. The molecule has 1 aromatic carbocycles. The quantitative estimate of drug-likeness (QED) is 0.813. The number of aromatic nitrogens is 1. The second-order valence-electron chi connectivity index (χ2n) is 6.17. The monoisotopic (exact) mass is 330 g/mol. The predicted molar refractivity (Wildman–Crippen MR) is 89.6 cm³/mol. The van der Waals surface area contributed by atoms with Gasteiger partial charge in [0.1, 0.15) is 0 Å². The van der Waals surface area contributed by atoms with Crippen molar-refractivity contribution in [3.63, 3.8) is 0 Å². The van der Waals surface area contributed by atoms with Crippen molar-refractivity contribution in [2.24, 2.45) is 11.8 Å². The molecule has 0 fully saturated rings. The minimum Gasteiger partial charge on any atom is -0.481 e. The van der Waals surface area contributed by atoms with Crippen molar-refractivity contribution in [3.8, 4) is 11.5 Å². The minimum atomic E-state index is -0.914. The topological polar surface area (TPSA) is 92.4 Å². The maximum atomic E-state index is 12.3. The third kappa shape index (κ3) is 4.44. The van der Waals surface area contributed by atoms with E-state index in [-0.39, 0.29) is 18.2 Å². The molecule has 1 unspecified atom stereocenters. The fourth-order valence-corrected chi connectivity index (χ4v) is 2.45. The number of carbonyl (C=O) groups excluding carboxylic acids is 1. The molecule has 1 heterocycles. The normalized spacial score (nSPS) is 12.2. The molecule has 128 valence electrons. The fourth-order valence-electron chi connectivity index (χ4n) is 2.45. The molecule has 0 saturated carbocycles. The van der Waals surface area contributed by atoms with E-state index in [0.29, 0.717) is 18.0 Å². The van der Waals surface area contributed by atoms with Crippen LogP contribution in [0.25, 0.3) is 11.5 Å². The number of carboxylic acid groups (broad SMARTS) is 1. The number of nitrogens with one attached hydrogen (secondary N) is 1. The number of oxazole rings is 1. The lowest BCUT2D eigenvalue weighted by atomic mass is 9.97. The summed E-state index contributed by atoms with van der Waals surface area (Å²) in [5, 5.41) is 11.9. The first-order valence-corrected chi connectivity index (χ1v) is 7.92. The van der Waals surface area contributed by atoms with Crippen LogP contribution in [-0.2, 0) is 4.79 Å². The Morgan fingerprint density at radius 3 is 2.50 bits per heavy atom. The van der Waals surface area contributed by atoms with Crippen LogP contribution < -0.4 is 5.32 Å². The Morgan fingerprint density at radius 1 is 1.25 bits per heavy atom. The van der Waals surface area contributed by atoms with Crippen LogP contribution in [-0.4, -0.2) is 28.5 Å². The van der Waals surface area contributed by atoms with Crippen molar-refractivity contribution in [1.82, 2.24) is 10.3 Å². The van der Waals surface area contributed by atoms with Crippen LogP contribution in [0, 0.1) is 18.8 Å². The average Bonchev–Trinajstić information content (AvgIpc) is 2.93. The zero-order valence-electron chi connectivity index (χ0n) is 14.1. The van der Waals surface area contributed by atoms with Crippen molar-refractivity contribution < 1.29 is 19.1 Å². The van der Waals surface area contributed by atoms with Crippen LogP contribution in [0.2, 0.25) is 0 Å². The lowest BCUT2D eigenvalue weighted by molar-refractivity contribution is -0.142. The predicted octanol–water partition coefficient (Wildman–Crippen LogP) is 3.13. The standard InChI is InChI=1S/C18H22N2O4/c1-11(2)9-14(18(22)23)10-19-16(21)15-12(3)20-17(24-15)13-7-5-4-6-8-13/h4-8,11,14H,9-10H2,1-3H3,(H,19,21)(H,22,23). The van der Waals surface area contributed by atoms with Gasteiger partial charge in [-0.3, -0.25) is 9.59 Å². The van der Waals surface area contributed by atoms with Crippen LogP contribution >= 0.6 is 0 Å². The Kier molecular flexibility index (Phi) is 5.73. The van der Waals surface area contributed by atoms with Crippen molar-refractivity contribution in [3.05, 3.63) is 41.8 Å². The maximum absolute atomic E-state index is 12.3. The maximum Gasteiger partial charge on any atom is 0.308 e. The first-order chi connectivity index (χ1) is 11.4. The Morgan fingerprint density at radius 2 is 1.92 bits per heavy atom. The summed E-state index contributed by atoms with van der Waals surface area (Å²) in [5.41, 5.74) is 1.25. The molecule has 0 bridgehead atoms. The third-order valence-electron chi connectivity index (χ3n) is 3.64. The molecule has 1 amide bonds. The molecule has 2 rings (SSSR count). The van der Waals surface area contributed by atoms with E-state index >= 15 is 0 Å². The summed E-state index contributed by atoms with van der Waals surface area (Å²) >= 11 is 0. The second kappa shape index (κ2) is 7.77. The van der Waals surface area contributed by atoms with Gasteiger partial charge >= 0.3 is 5.97 Å². The van der Waals surface area contributed by atoms with Crippen molar-refractivity contribution in [2.45, 2.75) is 27.2 Å². The van der Waals surface area contributed by atoms with E-state index in [2.05, 4.69) is 10.3 Å². The molecular weight excluding hydrogens is 308 g/mol. The summed E-state index contributed by atoms with van der Waals surface area (Å²) in [6.07, 6.45) is 0.500. The number of aryl methyl sites for hydroxylation is 1. The summed E-state index contributed by atoms with van der Waals surface area (Å²) in [5.74, 6) is -1.26. The highest BCUT2D eigenvalue weighted by Gasteiger charge is 2.23. The van der Waals surface area contributed by atoms with Crippen LogP contribution in [0.15, 0.2) is 34.7 Å². The van der Waals surface area contributed by atoms with Gasteiger partial charge in [0.2, 0.25) is 11.7 Å². The number of hydrogen-bond donors (Lipinski definition) is 2. The minimum absolute atomic E-state index is 0.0627. The lowest BCUT2D eigenvalue weighted by Gasteiger charge is -2.14. The van der Waals surface area contributed by atoms with Gasteiger partial charge in [0, 0.05) is 12.1 Å². The number of rotatable bonds is 7. The molecule has 0 aliphatic carbocycles. The van der Waals surface area contributed by atoms with Gasteiger partial charge in [0.05, 0.1) is 11.6 Å². The van der Waals surface area contributed by atoms with E-state index in [1.165, 1.54) is 0 Å². The molecule has 0 saturated heterocycles. The Balaban J connectivity index is 2.07. The number of amides is 1. The SMILES string of the molecule is Cc1nc(-c2ccccc2)oc1C(=O)NCC(CC(C)C)C(=O)O. The highest BCUT2D eigenvalue weighted by molar-refractivity contribution is 5.93. The van der Waals surface area contributed by atoms with Crippen LogP contribution in [0.3, 0.4) is 0 Å². The molecule has 1 aromatic heterocycles. The second-order valence-corrected chi connectivity index (χ2v) is 6.17. The lowest BCUT2D eigenvalue weighted by Crippen LogP contribution is -2.33. The van der Waals surface area contributed by atoms with Gasteiger partial charge in [-0.2, -0.15) is 0 Å². The molecule has 2 N–H and O–H groups in total. The number of carboxylic acids is 1. The molecule has 2 aromatic rings. The number of carbonyl (C=O) groups is 2. The van der Waals surface area contributed by atoms with E-state index in [1.54, 1.807) is 6.92 Å². The van der Waals surface area contributed by atoms with E-state index in [1.807, 2.05) is 44.2 Å². The van der Waals surface area contributed by atoms with Gasteiger partial charge in [-0.25, -0.2) is 4.98 Å². The Labute approximate surface area is 140 Å². The summed E-state index contributed by atoms with van der Waals surface area (Å²) in [7, 11) is 0. The Hall–Kier alpha value is -2.63. The van der Waals surface area contributed by atoms with Gasteiger partial charge in [0.15, 0.2) is 0 Å². The van der Waals surface area contributed by atoms with E-state index < -0.39 is 17.8 Å². The molecule has 1 atom stereocenters. The van der Waals surface area contributed by atoms with Gasteiger partial charge < -0.3 is 14.8 Å². The molecule has 0 radical (unpaired) electrons. The van der Waals surface area contributed by atoms with Gasteiger partial charge in [0.25, 0.3) is 5.91 Å². The molecule has 6 heteroatoms. The third-order valence-corrected chi connectivity index (χ3v) is 3.64. The van der Waals surface area contributed by atoms with Crippen LogP contribution in [0.4, 0.5) is 0 Å². The van der Waals surface area contributed by atoms with Crippen LogP contribution in [0.1, 0.15) is 36.5 Å². The first kappa shape index (κ1) is 17.7. The van der Waals surface area contributed by atoms with Gasteiger partial charge in [-0.15, -0.1) is 0 Å². The number of benzene rings is 1. The molecule has 0 spiro atoms. The summed E-state index contributed by atoms with van der Waals surface area (Å²) in [6.45, 7) is 5.65. The first-order valence-electron chi connectivity index (χ1n) is 7.92. The average molecular weight is 330 g/mol. The van der Waals surface area contributed by atoms with Crippen molar-refractivity contribution in [1.29, 1.82) is 0 Å². The molecule has 0 aliphatic rings. The number of nitrogens with zero attached hydrogens (tertiary/aromatic N) is 1. The Bertz CT molecular complexity index is 707. The zero-order valence-corrected chi connectivity index (χ0v) is 14.1. The number of hydrogen-bond acceptors (Lipinski definition) is 4. The van der Waals surface area contributed by atoms with Gasteiger partial charge in [-0.05, 0) is 31.4 Å². The van der Waals surface area contributed by atoms with Crippen molar-refractivity contribution >= 4 is 11.9 Å². The van der Waals surface area contributed by atoms with Gasteiger partial charge in [-0.1, -0.05) is 32.0 Å². The molecule has 0 aliphatic heterocycles. The van der Waals surface area contributed by atoms with E-state index in [9.17, 15) is 14.7 Å². The van der Waals surface area contributed by atoms with Crippen molar-refractivity contribution in [2.75, 3.05) is 6.54 Å². The fraction of sp³-hybridized carbons (Fsp3) is 0.389. The molecule has 6 nitrogen and oxygen atoms in total. The highest BCUT2D eigenvalue weighted by atomic mass is 16.4. The largest absolute Gasteiger partial charge is 0.481 e. The highest BCUT2D eigenvalue weighted by Crippen LogP contribution is 2.21. The summed E-state index contributed by atoms with van der Waals surface area (Å²) in [4.78, 5) is 27.8. The van der Waals surface area contributed by atoms with E-state index in [4.69, 9.17) is 4.42 Å². The van der Waals surface area contributed by atoms with Crippen LogP contribution in [0.5, 0.6) is 0 Å². The smallest absolute Gasteiger partial charge is 0.308 e. The molecular formula is C18H22N2O4. The summed E-state index contributed by atoms with van der Waals surface area (Å²) < 4.78 is 5.57. The zero-order chi connectivity index (χ0) is 17.7.